The summed E-state index contributed by atoms with van der Waals surface area (Å²) in [5, 5.41) is 8.97. The zero-order valence-electron chi connectivity index (χ0n) is 23.7. The lowest BCUT2D eigenvalue weighted by molar-refractivity contribution is -0.137. The minimum absolute atomic E-state index is 0.0141. The first-order chi connectivity index (χ1) is 20.1. The van der Waals surface area contributed by atoms with Gasteiger partial charge in [-0.2, -0.15) is 18.2 Å². The molecular formula is C30H36F3N7O2. The summed E-state index contributed by atoms with van der Waals surface area (Å²) in [6.45, 7) is 1.89. The molecule has 0 unspecified atom stereocenters. The van der Waals surface area contributed by atoms with Crippen molar-refractivity contribution in [1.29, 1.82) is 0 Å². The van der Waals surface area contributed by atoms with Crippen LogP contribution in [0.5, 0.6) is 0 Å². The Morgan fingerprint density at radius 2 is 1.71 bits per heavy atom. The number of nitrogens with zero attached hydrogens (tertiary/aromatic N) is 4. The van der Waals surface area contributed by atoms with Crippen molar-refractivity contribution >= 4 is 29.3 Å². The van der Waals surface area contributed by atoms with Crippen molar-refractivity contribution in [2.24, 2.45) is 17.8 Å². The molecule has 0 spiro atoms. The summed E-state index contributed by atoms with van der Waals surface area (Å²) in [6.07, 6.45) is 4.48. The van der Waals surface area contributed by atoms with E-state index in [9.17, 15) is 22.8 Å². The highest BCUT2D eigenvalue weighted by molar-refractivity contribution is 5.94. The number of piperidine rings is 1. The van der Waals surface area contributed by atoms with Gasteiger partial charge in [-0.05, 0) is 88.3 Å². The largest absolute Gasteiger partial charge is 0.421 e. The molecule has 2 heterocycles. The van der Waals surface area contributed by atoms with E-state index >= 15 is 0 Å². The van der Waals surface area contributed by atoms with Crippen molar-refractivity contribution in [3.63, 3.8) is 0 Å². The second kappa shape index (κ2) is 11.2. The number of benzene rings is 1. The molecule has 1 aromatic carbocycles. The number of fused-ring (bicyclic) bond motifs is 2. The Bertz CT molecular complexity index is 1350. The van der Waals surface area contributed by atoms with E-state index in [-0.39, 0.29) is 47.5 Å². The van der Waals surface area contributed by atoms with Gasteiger partial charge in [0.2, 0.25) is 11.9 Å². The Morgan fingerprint density at radius 1 is 1.02 bits per heavy atom. The zero-order chi connectivity index (χ0) is 29.6. The third kappa shape index (κ3) is 5.95. The number of hydrogen-bond donors (Lipinski definition) is 3. The Kier molecular flexibility index (Phi) is 7.59. The van der Waals surface area contributed by atoms with Gasteiger partial charge in [0.05, 0.1) is 5.92 Å². The van der Waals surface area contributed by atoms with Crippen molar-refractivity contribution < 1.29 is 22.8 Å². The number of carbonyl (C=O) groups is 2. The molecule has 2 saturated carbocycles. The monoisotopic (exact) mass is 583 g/mol. The van der Waals surface area contributed by atoms with Crippen LogP contribution in [0.25, 0.3) is 0 Å². The topological polar surface area (TPSA) is 102 Å². The van der Waals surface area contributed by atoms with Gasteiger partial charge in [-0.15, -0.1) is 0 Å². The molecule has 2 aromatic rings. The van der Waals surface area contributed by atoms with Crippen LogP contribution in [0.1, 0.15) is 48.0 Å². The first-order valence-corrected chi connectivity index (χ1v) is 14.6. The van der Waals surface area contributed by atoms with E-state index < -0.39 is 23.7 Å². The van der Waals surface area contributed by atoms with Gasteiger partial charge in [-0.25, -0.2) is 4.98 Å². The van der Waals surface area contributed by atoms with Crippen LogP contribution in [-0.2, 0) is 11.0 Å². The van der Waals surface area contributed by atoms with E-state index in [2.05, 4.69) is 37.9 Å². The Morgan fingerprint density at radius 3 is 2.38 bits per heavy atom. The molecule has 6 rings (SSSR count). The smallest absolute Gasteiger partial charge is 0.365 e. The molecule has 42 heavy (non-hydrogen) atoms. The molecule has 9 nitrogen and oxygen atoms in total. The highest BCUT2D eigenvalue weighted by atomic mass is 19.4. The standard InChI is InChI=1S/C30H36F3N7O2/c1-39-13-11-22(12-14-39)40(2)28(42)17-5-7-21(8-6-17)36-29-34-16-23(30(31,32)33)26(38-29)37-25-19-4-3-18(15-19)24(25)27(41)35-20-9-10-20/h3-8,16,18-20,22,24-25H,9-15H2,1-2H3,(H,35,41)(H2,34,36,37,38)/t18-,19+,24+,25-/m0/s1. The lowest BCUT2D eigenvalue weighted by Gasteiger charge is -2.35. The van der Waals surface area contributed by atoms with E-state index in [0.717, 1.165) is 51.4 Å². The van der Waals surface area contributed by atoms with E-state index in [1.165, 1.54) is 0 Å². The van der Waals surface area contributed by atoms with E-state index in [4.69, 9.17) is 0 Å². The van der Waals surface area contributed by atoms with Crippen LogP contribution in [-0.4, -0.2) is 76.9 Å². The molecule has 12 heteroatoms. The predicted octanol–water partition coefficient (Wildman–Crippen LogP) is 4.29. The van der Waals surface area contributed by atoms with Gasteiger partial charge < -0.3 is 25.8 Å². The third-order valence-corrected chi connectivity index (χ3v) is 9.03. The fourth-order valence-electron chi connectivity index (χ4n) is 6.40. The second-order valence-electron chi connectivity index (χ2n) is 12.0. The van der Waals surface area contributed by atoms with Gasteiger partial charge in [-0.3, -0.25) is 9.59 Å². The number of rotatable bonds is 8. The van der Waals surface area contributed by atoms with Gasteiger partial charge in [0, 0.05) is 42.6 Å². The molecule has 224 valence electrons. The summed E-state index contributed by atoms with van der Waals surface area (Å²) in [6, 6.07) is 6.58. The van der Waals surface area contributed by atoms with Gasteiger partial charge >= 0.3 is 6.18 Å². The maximum Gasteiger partial charge on any atom is 0.421 e. The molecular weight excluding hydrogens is 547 g/mol. The maximum absolute atomic E-state index is 14.0. The number of amides is 2. The second-order valence-corrected chi connectivity index (χ2v) is 12.0. The van der Waals surface area contributed by atoms with Crippen molar-refractivity contribution in [2.75, 3.05) is 37.8 Å². The Labute approximate surface area is 243 Å². The van der Waals surface area contributed by atoms with Gasteiger partial charge in [-0.1, -0.05) is 12.2 Å². The van der Waals surface area contributed by atoms with Crippen LogP contribution in [0.2, 0.25) is 0 Å². The predicted molar refractivity (Wildman–Crippen MR) is 152 cm³/mol. The van der Waals surface area contributed by atoms with Gasteiger partial charge in [0.1, 0.15) is 11.4 Å². The van der Waals surface area contributed by atoms with Crippen LogP contribution in [0.4, 0.5) is 30.6 Å². The summed E-state index contributed by atoms with van der Waals surface area (Å²) >= 11 is 0. The maximum atomic E-state index is 14.0. The molecule has 2 amide bonds. The van der Waals surface area contributed by atoms with Crippen molar-refractivity contribution in [2.45, 2.75) is 56.4 Å². The SMILES string of the molecule is CN1CCC(N(C)C(=O)c2ccc(Nc3ncc(C(F)(F)F)c(N[C@@H]4[C@H](C(=O)NC5CC5)[C@H]5C=C[C@@H]4C5)n3)cc2)CC1. The normalized spacial score (nSPS) is 25.8. The number of hydrogen-bond acceptors (Lipinski definition) is 7. The van der Waals surface area contributed by atoms with Crippen molar-refractivity contribution in [3.05, 3.63) is 53.7 Å². The minimum atomic E-state index is -4.68. The number of halogens is 3. The van der Waals surface area contributed by atoms with Gasteiger partial charge in [0.15, 0.2) is 0 Å². The van der Waals surface area contributed by atoms with Crippen LogP contribution >= 0.6 is 0 Å². The summed E-state index contributed by atoms with van der Waals surface area (Å²) in [7, 11) is 3.89. The van der Waals surface area contributed by atoms with E-state index in [0.29, 0.717) is 11.3 Å². The highest BCUT2D eigenvalue weighted by Gasteiger charge is 2.50. The zero-order valence-corrected chi connectivity index (χ0v) is 23.7. The Balaban J connectivity index is 1.17. The van der Waals surface area contributed by atoms with E-state index in [1.807, 2.05) is 19.2 Å². The average Bonchev–Trinajstić information content (AvgIpc) is 3.54. The molecule has 0 radical (unpaired) electrons. The number of nitrogens with one attached hydrogen (secondary N) is 3. The number of anilines is 3. The molecule has 3 fully saturated rings. The quantitative estimate of drug-likeness (QED) is 0.399. The van der Waals surface area contributed by atoms with Crippen LogP contribution in [0.15, 0.2) is 42.6 Å². The lowest BCUT2D eigenvalue weighted by atomic mass is 9.88. The first kappa shape index (κ1) is 28.4. The Hall–Kier alpha value is -3.67. The van der Waals surface area contributed by atoms with Crippen LogP contribution in [0.3, 0.4) is 0 Å². The molecule has 4 atom stereocenters. The first-order valence-electron chi connectivity index (χ1n) is 14.6. The van der Waals surface area contributed by atoms with Crippen molar-refractivity contribution in [1.82, 2.24) is 25.1 Å². The fourth-order valence-corrected chi connectivity index (χ4v) is 6.40. The average molecular weight is 584 g/mol. The van der Waals surface area contributed by atoms with Gasteiger partial charge in [0.25, 0.3) is 5.91 Å². The third-order valence-electron chi connectivity index (χ3n) is 9.03. The summed E-state index contributed by atoms with van der Waals surface area (Å²) in [4.78, 5) is 38.2. The molecule has 1 aromatic heterocycles. The number of allylic oxidation sites excluding steroid dienone is 1. The van der Waals surface area contributed by atoms with Crippen molar-refractivity contribution in [3.8, 4) is 0 Å². The number of likely N-dealkylation sites (tertiary alicyclic amines) is 1. The summed E-state index contributed by atoms with van der Waals surface area (Å²) in [5.41, 5.74) is 0.0697. The molecule has 3 aliphatic carbocycles. The molecule has 1 saturated heterocycles. The lowest BCUT2D eigenvalue weighted by Crippen LogP contribution is -2.44. The molecule has 3 N–H and O–H groups in total. The van der Waals surface area contributed by atoms with Crippen LogP contribution < -0.4 is 16.0 Å². The van der Waals surface area contributed by atoms with E-state index in [1.54, 1.807) is 29.2 Å². The molecule has 1 aliphatic heterocycles. The number of carbonyl (C=O) groups excluding carboxylic acids is 2. The fraction of sp³-hybridized carbons (Fsp3) is 0.533. The van der Waals surface area contributed by atoms with Crippen LogP contribution in [0, 0.1) is 17.8 Å². The molecule has 4 aliphatic rings. The molecule has 2 bridgehead atoms. The summed E-state index contributed by atoms with van der Waals surface area (Å²) < 4.78 is 41.9. The number of aromatic nitrogens is 2. The highest BCUT2D eigenvalue weighted by Crippen LogP contribution is 2.46. The summed E-state index contributed by atoms with van der Waals surface area (Å²) in [5.74, 6) is -1.12. The minimum Gasteiger partial charge on any atom is -0.365 e. The number of alkyl halides is 3.